The fraction of sp³-hybridized carbons (Fsp3) is 0.316. The number of hydrogen-bond donors (Lipinski definition) is 1. The third-order valence-electron chi connectivity index (χ3n) is 4.95. The van der Waals surface area contributed by atoms with Gasteiger partial charge in [0.15, 0.2) is 11.4 Å². The maximum atomic E-state index is 14.8. The molecule has 0 saturated carbocycles. The van der Waals surface area contributed by atoms with Gasteiger partial charge in [0.25, 0.3) is 0 Å². The highest BCUT2D eigenvalue weighted by molar-refractivity contribution is 9.10. The molecule has 0 aliphatic carbocycles. The highest BCUT2D eigenvalue weighted by Gasteiger charge is 2.60. The Balaban J connectivity index is 2.22. The normalized spacial score (nSPS) is 17.4. The van der Waals surface area contributed by atoms with Crippen molar-refractivity contribution in [2.24, 2.45) is 0 Å². The van der Waals surface area contributed by atoms with Crippen LogP contribution in [0.25, 0.3) is 0 Å². The minimum atomic E-state index is -5.23. The lowest BCUT2D eigenvalue weighted by molar-refractivity contribution is -0.275. The Bertz CT molecular complexity index is 985. The van der Waals surface area contributed by atoms with Crippen molar-refractivity contribution in [3.63, 3.8) is 0 Å². The Labute approximate surface area is 177 Å². The van der Waals surface area contributed by atoms with Crippen LogP contribution in [-0.4, -0.2) is 30.8 Å². The van der Waals surface area contributed by atoms with Crippen molar-refractivity contribution in [2.45, 2.75) is 24.6 Å². The molecule has 3 rings (SSSR count). The van der Waals surface area contributed by atoms with Gasteiger partial charge in [0.05, 0.1) is 5.69 Å². The topological polar surface area (TPSA) is 49.8 Å². The first-order valence-corrected chi connectivity index (χ1v) is 9.53. The number of rotatable bonds is 3. The number of esters is 1. The first-order chi connectivity index (χ1) is 13.4. The molecule has 29 heavy (non-hydrogen) atoms. The van der Waals surface area contributed by atoms with Crippen LogP contribution in [0.2, 0.25) is 5.02 Å². The van der Waals surface area contributed by atoms with Crippen LogP contribution in [-0.2, 0) is 10.4 Å². The summed E-state index contributed by atoms with van der Waals surface area (Å²) in [5, 5.41) is 10.9. The number of aliphatic hydroxyl groups is 1. The molecular formula is C19H15BrClF4NO3. The molecule has 1 heterocycles. The molecule has 10 heteroatoms. The van der Waals surface area contributed by atoms with E-state index in [0.29, 0.717) is 10.5 Å². The number of fused-ring (bicyclic) bond motifs is 1. The summed E-state index contributed by atoms with van der Waals surface area (Å²) in [6, 6.07) is 5.72. The summed E-state index contributed by atoms with van der Waals surface area (Å²) in [7, 11) is 1.45. The molecule has 0 fully saturated rings. The maximum absolute atomic E-state index is 14.8. The van der Waals surface area contributed by atoms with Gasteiger partial charge in [0, 0.05) is 34.1 Å². The first kappa shape index (κ1) is 21.9. The molecule has 1 N–H and O–H groups in total. The molecule has 4 nitrogen and oxygen atoms in total. The molecule has 1 aliphatic heterocycles. The number of ether oxygens (including phenoxy) is 1. The van der Waals surface area contributed by atoms with Crippen LogP contribution in [0.3, 0.4) is 0 Å². The number of carbonyl (C=O) groups is 1. The summed E-state index contributed by atoms with van der Waals surface area (Å²) in [6.07, 6.45) is -5.23. The summed E-state index contributed by atoms with van der Waals surface area (Å²) in [6.45, 7) is 0.891. The van der Waals surface area contributed by atoms with Crippen molar-refractivity contribution in [3.8, 4) is 5.75 Å². The average molecular weight is 497 g/mol. The van der Waals surface area contributed by atoms with Crippen molar-refractivity contribution in [3.05, 3.63) is 56.8 Å². The maximum Gasteiger partial charge on any atom is 0.422 e. The molecule has 2 aromatic rings. The number of carbonyl (C=O) groups excluding carboxylic acids is 1. The molecule has 0 radical (unpaired) electrons. The number of nitrogens with zero attached hydrogens (tertiary/aromatic N) is 1. The Morgan fingerprint density at radius 3 is 2.52 bits per heavy atom. The Morgan fingerprint density at radius 1 is 1.28 bits per heavy atom. The van der Waals surface area contributed by atoms with Crippen molar-refractivity contribution < 1.29 is 32.2 Å². The van der Waals surface area contributed by atoms with Gasteiger partial charge in [-0.15, -0.1) is 0 Å². The second-order valence-electron chi connectivity index (χ2n) is 6.78. The van der Waals surface area contributed by atoms with Crippen LogP contribution in [0, 0.1) is 5.82 Å². The van der Waals surface area contributed by atoms with Crippen molar-refractivity contribution in [2.75, 3.05) is 18.5 Å². The second kappa shape index (κ2) is 7.45. The summed E-state index contributed by atoms with van der Waals surface area (Å²) >= 11 is 9.26. The van der Waals surface area contributed by atoms with Crippen LogP contribution >= 0.6 is 27.5 Å². The van der Waals surface area contributed by atoms with Gasteiger partial charge in [-0.3, -0.25) is 0 Å². The largest absolute Gasteiger partial charge is 0.423 e. The lowest BCUT2D eigenvalue weighted by Crippen LogP contribution is -2.47. The van der Waals surface area contributed by atoms with Crippen LogP contribution in [0.1, 0.15) is 24.0 Å². The van der Waals surface area contributed by atoms with E-state index in [4.69, 9.17) is 16.3 Å². The van der Waals surface area contributed by atoms with Gasteiger partial charge in [-0.2, -0.15) is 13.2 Å². The molecule has 0 bridgehead atoms. The number of benzene rings is 2. The number of alkyl halides is 3. The highest BCUT2D eigenvalue weighted by Crippen LogP contribution is 2.52. The average Bonchev–Trinajstić information content (AvgIpc) is 2.58. The fourth-order valence-electron chi connectivity index (χ4n) is 3.36. The summed E-state index contributed by atoms with van der Waals surface area (Å²) in [4.78, 5) is 12.8. The molecule has 0 saturated heterocycles. The molecule has 1 aliphatic rings. The van der Waals surface area contributed by atoms with E-state index >= 15 is 0 Å². The van der Waals surface area contributed by atoms with Gasteiger partial charge >= 0.3 is 12.1 Å². The standard InChI is InChI=1S/C19H15BrClF4NO3/c1-9(11-4-3-10(20)5-13(11)21)18(28,19(23,24)25)12-6-15-16(7-14(12)22)29-17(27)8-26(15)2/h3-7,9,28H,8H2,1-2H3. The van der Waals surface area contributed by atoms with E-state index in [0.717, 1.165) is 13.0 Å². The second-order valence-corrected chi connectivity index (χ2v) is 8.10. The molecule has 0 aromatic heterocycles. The van der Waals surface area contributed by atoms with Crippen molar-refractivity contribution in [1.29, 1.82) is 0 Å². The fourth-order valence-corrected chi connectivity index (χ4v) is 4.20. The molecular weight excluding hydrogens is 482 g/mol. The minimum absolute atomic E-state index is 0.00778. The predicted molar refractivity (Wildman–Crippen MR) is 103 cm³/mol. The van der Waals surface area contributed by atoms with E-state index < -0.39 is 35.0 Å². The summed E-state index contributed by atoms with van der Waals surface area (Å²) < 4.78 is 62.7. The number of halogens is 6. The molecule has 2 aromatic carbocycles. The molecule has 2 atom stereocenters. The van der Waals surface area contributed by atoms with Gasteiger partial charge in [-0.25, -0.2) is 9.18 Å². The third kappa shape index (κ3) is 3.71. The quantitative estimate of drug-likeness (QED) is 0.363. The predicted octanol–water partition coefficient (Wildman–Crippen LogP) is 5.15. The number of anilines is 1. The van der Waals surface area contributed by atoms with E-state index in [-0.39, 0.29) is 28.6 Å². The SMILES string of the molecule is CC(c1ccc(Br)cc1Cl)C(O)(c1cc2c(cc1F)OC(=O)CN2C)C(F)(F)F. The monoisotopic (exact) mass is 495 g/mol. The Morgan fingerprint density at radius 2 is 1.93 bits per heavy atom. The minimum Gasteiger partial charge on any atom is -0.423 e. The van der Waals surface area contributed by atoms with Crippen molar-refractivity contribution in [1.82, 2.24) is 0 Å². The van der Waals surface area contributed by atoms with Crippen LogP contribution in [0.15, 0.2) is 34.8 Å². The summed E-state index contributed by atoms with van der Waals surface area (Å²) in [5.41, 5.74) is -4.53. The van der Waals surface area contributed by atoms with Crippen LogP contribution in [0.4, 0.5) is 23.2 Å². The highest BCUT2D eigenvalue weighted by atomic mass is 79.9. The third-order valence-corrected chi connectivity index (χ3v) is 5.77. The smallest absolute Gasteiger partial charge is 0.422 e. The van der Waals surface area contributed by atoms with Crippen LogP contribution in [0.5, 0.6) is 5.75 Å². The lowest BCUT2D eigenvalue weighted by atomic mass is 9.77. The zero-order valence-electron chi connectivity index (χ0n) is 15.1. The van der Waals surface area contributed by atoms with Crippen molar-refractivity contribution >= 4 is 39.2 Å². The van der Waals surface area contributed by atoms with Crippen LogP contribution < -0.4 is 9.64 Å². The molecule has 156 valence electrons. The van der Waals surface area contributed by atoms with Gasteiger partial charge in [-0.1, -0.05) is 40.5 Å². The van der Waals surface area contributed by atoms with Gasteiger partial charge < -0.3 is 14.7 Å². The molecule has 0 spiro atoms. The molecule has 2 unspecified atom stereocenters. The van der Waals surface area contributed by atoms with Gasteiger partial charge in [0.1, 0.15) is 12.4 Å². The summed E-state index contributed by atoms with van der Waals surface area (Å²) in [5.74, 6) is -3.89. The first-order valence-electron chi connectivity index (χ1n) is 8.36. The van der Waals surface area contributed by atoms with E-state index in [2.05, 4.69) is 15.9 Å². The van der Waals surface area contributed by atoms with E-state index in [1.165, 1.54) is 30.1 Å². The zero-order chi connectivity index (χ0) is 21.7. The lowest BCUT2D eigenvalue weighted by Gasteiger charge is -2.38. The Kier molecular flexibility index (Phi) is 5.61. The molecule has 0 amide bonds. The zero-order valence-corrected chi connectivity index (χ0v) is 17.5. The number of hydrogen-bond acceptors (Lipinski definition) is 4. The van der Waals surface area contributed by atoms with E-state index in [9.17, 15) is 27.5 Å². The Hall–Kier alpha value is -1.84. The van der Waals surface area contributed by atoms with Gasteiger partial charge in [-0.05, 0) is 23.8 Å². The van der Waals surface area contributed by atoms with E-state index in [1.54, 1.807) is 0 Å². The number of likely N-dealkylation sites (N-methyl/N-ethyl adjacent to an activating group) is 1. The van der Waals surface area contributed by atoms with E-state index in [1.807, 2.05) is 0 Å². The van der Waals surface area contributed by atoms with Gasteiger partial charge in [0.2, 0.25) is 0 Å².